The number of nitrogens with one attached hydrogen (secondary N) is 1. The van der Waals surface area contributed by atoms with Gasteiger partial charge >= 0.3 is 0 Å². The summed E-state index contributed by atoms with van der Waals surface area (Å²) in [6.07, 6.45) is 0.864. The van der Waals surface area contributed by atoms with Gasteiger partial charge in [-0.05, 0) is 55.7 Å². The summed E-state index contributed by atoms with van der Waals surface area (Å²) < 4.78 is 2.72. The van der Waals surface area contributed by atoms with Crippen molar-refractivity contribution in [2.75, 3.05) is 6.54 Å². The fourth-order valence-electron chi connectivity index (χ4n) is 2.55. The number of aromatic nitrogens is 3. The molecule has 6 heteroatoms. The molecular weight excluding hydrogens is 392 g/mol. The molecule has 1 N–H and O–H groups in total. The van der Waals surface area contributed by atoms with E-state index >= 15 is 0 Å². The van der Waals surface area contributed by atoms with Gasteiger partial charge in [-0.3, -0.25) is 4.79 Å². The molecule has 0 fully saturated rings. The fraction of sp³-hybridized carbons (Fsp3) is 0.250. The van der Waals surface area contributed by atoms with Crippen LogP contribution in [0.2, 0.25) is 0 Å². The molecule has 0 saturated carbocycles. The molecule has 0 aliphatic heterocycles. The number of nitrogens with zero attached hydrogens (tertiary/aromatic N) is 3. The summed E-state index contributed by atoms with van der Waals surface area (Å²) in [7, 11) is 0. The van der Waals surface area contributed by atoms with Gasteiger partial charge in [0.05, 0.1) is 5.69 Å². The lowest BCUT2D eigenvalue weighted by Gasteiger charge is -2.08. The Labute approximate surface area is 161 Å². The lowest BCUT2D eigenvalue weighted by atomic mass is 10.1. The molecule has 134 valence electrons. The van der Waals surface area contributed by atoms with Crippen LogP contribution in [0.1, 0.15) is 35.1 Å². The normalized spacial score (nSPS) is 10.8. The van der Waals surface area contributed by atoms with E-state index in [4.69, 9.17) is 0 Å². The number of aryl methyl sites for hydroxylation is 2. The first kappa shape index (κ1) is 18.3. The van der Waals surface area contributed by atoms with E-state index in [0.717, 1.165) is 27.7 Å². The van der Waals surface area contributed by atoms with Crippen molar-refractivity contribution in [3.63, 3.8) is 0 Å². The Morgan fingerprint density at radius 2 is 1.85 bits per heavy atom. The zero-order valence-corrected chi connectivity index (χ0v) is 16.7. The maximum absolute atomic E-state index is 12.3. The van der Waals surface area contributed by atoms with Crippen LogP contribution in [0.15, 0.2) is 46.9 Å². The molecule has 1 amide bonds. The monoisotopic (exact) mass is 412 g/mol. The number of rotatable bonds is 5. The van der Waals surface area contributed by atoms with Crippen molar-refractivity contribution in [2.45, 2.75) is 27.2 Å². The van der Waals surface area contributed by atoms with Crippen LogP contribution in [0.25, 0.3) is 17.1 Å². The summed E-state index contributed by atoms with van der Waals surface area (Å²) in [5.41, 5.74) is 4.15. The van der Waals surface area contributed by atoms with Crippen molar-refractivity contribution < 1.29 is 4.79 Å². The van der Waals surface area contributed by atoms with Crippen molar-refractivity contribution in [2.24, 2.45) is 0 Å². The smallest absolute Gasteiger partial charge is 0.290 e. The number of benzene rings is 2. The van der Waals surface area contributed by atoms with Crippen LogP contribution < -0.4 is 5.32 Å². The van der Waals surface area contributed by atoms with Gasteiger partial charge < -0.3 is 5.32 Å². The largest absolute Gasteiger partial charge is 0.349 e. The quantitative estimate of drug-likeness (QED) is 0.672. The van der Waals surface area contributed by atoms with E-state index < -0.39 is 0 Å². The molecule has 2 aromatic carbocycles. The zero-order chi connectivity index (χ0) is 18.7. The van der Waals surface area contributed by atoms with E-state index in [0.29, 0.717) is 12.4 Å². The third-order valence-electron chi connectivity index (χ3n) is 4.18. The first-order valence-corrected chi connectivity index (χ1v) is 9.37. The lowest BCUT2D eigenvalue weighted by Crippen LogP contribution is -2.25. The Morgan fingerprint density at radius 3 is 2.50 bits per heavy atom. The summed E-state index contributed by atoms with van der Waals surface area (Å²) in [5, 5.41) is 7.32. The molecule has 0 aliphatic rings. The fourth-order valence-corrected chi connectivity index (χ4v) is 2.81. The molecule has 0 radical (unpaired) electrons. The van der Waals surface area contributed by atoms with Gasteiger partial charge in [-0.1, -0.05) is 41.1 Å². The Kier molecular flexibility index (Phi) is 5.52. The van der Waals surface area contributed by atoms with Crippen molar-refractivity contribution >= 4 is 21.8 Å². The van der Waals surface area contributed by atoms with Gasteiger partial charge in [-0.15, -0.1) is 5.10 Å². The molecule has 0 bridgehead atoms. The van der Waals surface area contributed by atoms with E-state index in [1.165, 1.54) is 5.56 Å². The predicted octanol–water partition coefficient (Wildman–Crippen LogP) is 4.45. The summed E-state index contributed by atoms with van der Waals surface area (Å²) in [6.45, 7) is 6.74. The van der Waals surface area contributed by atoms with Gasteiger partial charge in [0, 0.05) is 16.6 Å². The van der Waals surface area contributed by atoms with E-state index in [-0.39, 0.29) is 11.7 Å². The topological polar surface area (TPSA) is 59.8 Å². The zero-order valence-electron chi connectivity index (χ0n) is 15.1. The van der Waals surface area contributed by atoms with Crippen molar-refractivity contribution in [1.82, 2.24) is 20.1 Å². The number of halogens is 1. The Bertz CT molecular complexity index is 931. The standard InChI is InChI=1S/C20H21BrN4O/c1-4-11-22-20(26)18-23-19(15-6-8-16(21)9-7-15)25(24-18)17-10-5-13(2)14(3)12-17/h5-10,12H,4,11H2,1-3H3,(H,22,26). The van der Waals surface area contributed by atoms with Gasteiger partial charge in [-0.2, -0.15) is 0 Å². The van der Waals surface area contributed by atoms with Crippen LogP contribution in [0.5, 0.6) is 0 Å². The average Bonchev–Trinajstić information content (AvgIpc) is 3.08. The maximum atomic E-state index is 12.3. The van der Waals surface area contributed by atoms with E-state index in [1.807, 2.05) is 37.3 Å². The van der Waals surface area contributed by atoms with Gasteiger partial charge in [-0.25, -0.2) is 9.67 Å². The number of hydrogen-bond donors (Lipinski definition) is 1. The third-order valence-corrected chi connectivity index (χ3v) is 4.71. The number of hydrogen-bond acceptors (Lipinski definition) is 3. The number of carbonyl (C=O) groups excluding carboxylic acids is 1. The molecule has 1 aromatic heterocycles. The van der Waals surface area contributed by atoms with Crippen molar-refractivity contribution in [1.29, 1.82) is 0 Å². The van der Waals surface area contributed by atoms with Crippen LogP contribution in [0.4, 0.5) is 0 Å². The highest BCUT2D eigenvalue weighted by molar-refractivity contribution is 9.10. The van der Waals surface area contributed by atoms with Gasteiger partial charge in [0.15, 0.2) is 5.82 Å². The van der Waals surface area contributed by atoms with Crippen molar-refractivity contribution in [3.8, 4) is 17.1 Å². The minimum Gasteiger partial charge on any atom is -0.349 e. The minimum atomic E-state index is -0.257. The summed E-state index contributed by atoms with van der Waals surface area (Å²) >= 11 is 3.45. The highest BCUT2D eigenvalue weighted by atomic mass is 79.9. The van der Waals surface area contributed by atoms with Crippen LogP contribution in [-0.4, -0.2) is 27.2 Å². The molecule has 0 unspecified atom stereocenters. The van der Waals surface area contributed by atoms with E-state index in [9.17, 15) is 4.79 Å². The molecular formula is C20H21BrN4O. The van der Waals surface area contributed by atoms with Gasteiger partial charge in [0.25, 0.3) is 5.91 Å². The van der Waals surface area contributed by atoms with Crippen molar-refractivity contribution in [3.05, 3.63) is 63.9 Å². The second-order valence-corrected chi connectivity index (χ2v) is 7.12. The first-order chi connectivity index (χ1) is 12.5. The number of carbonyl (C=O) groups is 1. The summed E-state index contributed by atoms with van der Waals surface area (Å²) in [5.74, 6) is 0.560. The summed E-state index contributed by atoms with van der Waals surface area (Å²) in [4.78, 5) is 16.9. The van der Waals surface area contributed by atoms with Crippen LogP contribution in [0.3, 0.4) is 0 Å². The molecule has 1 heterocycles. The lowest BCUT2D eigenvalue weighted by molar-refractivity contribution is 0.0943. The third kappa shape index (κ3) is 3.85. The average molecular weight is 413 g/mol. The second-order valence-electron chi connectivity index (χ2n) is 6.20. The highest BCUT2D eigenvalue weighted by Gasteiger charge is 2.18. The van der Waals surface area contributed by atoms with Crippen LogP contribution >= 0.6 is 15.9 Å². The molecule has 0 spiro atoms. The maximum Gasteiger partial charge on any atom is 0.290 e. The Hall–Kier alpha value is -2.47. The Morgan fingerprint density at radius 1 is 1.12 bits per heavy atom. The molecule has 26 heavy (non-hydrogen) atoms. The van der Waals surface area contributed by atoms with E-state index in [2.05, 4.69) is 57.3 Å². The molecule has 0 saturated heterocycles. The molecule has 5 nitrogen and oxygen atoms in total. The Balaban J connectivity index is 2.10. The SMILES string of the molecule is CCCNC(=O)c1nc(-c2ccc(Br)cc2)n(-c2ccc(C)c(C)c2)n1. The van der Waals surface area contributed by atoms with E-state index in [1.54, 1.807) is 4.68 Å². The molecule has 3 rings (SSSR count). The molecule has 0 aliphatic carbocycles. The van der Waals surface area contributed by atoms with Gasteiger partial charge in [0.2, 0.25) is 5.82 Å². The summed E-state index contributed by atoms with van der Waals surface area (Å²) in [6, 6.07) is 13.9. The molecule has 3 aromatic rings. The molecule has 0 atom stereocenters. The second kappa shape index (κ2) is 7.83. The van der Waals surface area contributed by atoms with Crippen LogP contribution in [0, 0.1) is 13.8 Å². The first-order valence-electron chi connectivity index (χ1n) is 8.58. The minimum absolute atomic E-state index is 0.176. The highest BCUT2D eigenvalue weighted by Crippen LogP contribution is 2.24. The number of amides is 1. The van der Waals surface area contributed by atoms with Gasteiger partial charge in [0.1, 0.15) is 0 Å². The van der Waals surface area contributed by atoms with Crippen LogP contribution in [-0.2, 0) is 0 Å². The predicted molar refractivity (Wildman–Crippen MR) is 107 cm³/mol.